The molecular formula is C11H18FN. The summed E-state index contributed by atoms with van der Waals surface area (Å²) in [5.41, 5.74) is -1.08. The summed E-state index contributed by atoms with van der Waals surface area (Å²) in [5.74, 6) is 5.70. The SMILES string of the molecule is CC#CCCC(C)(F)C1CCCN1. The van der Waals surface area contributed by atoms with E-state index in [1.165, 1.54) is 0 Å². The van der Waals surface area contributed by atoms with Gasteiger partial charge in [0.2, 0.25) is 0 Å². The number of halogens is 1. The van der Waals surface area contributed by atoms with Crippen LogP contribution in [0.1, 0.15) is 39.5 Å². The molecule has 13 heavy (non-hydrogen) atoms. The van der Waals surface area contributed by atoms with Crippen molar-refractivity contribution in [2.45, 2.75) is 51.2 Å². The quantitative estimate of drug-likeness (QED) is 0.662. The topological polar surface area (TPSA) is 12.0 Å². The van der Waals surface area contributed by atoms with Gasteiger partial charge in [0.1, 0.15) is 5.67 Å². The third-order valence-corrected chi connectivity index (χ3v) is 2.70. The Hall–Kier alpha value is -0.550. The lowest BCUT2D eigenvalue weighted by Gasteiger charge is -2.26. The van der Waals surface area contributed by atoms with Crippen LogP contribution in [-0.2, 0) is 0 Å². The smallest absolute Gasteiger partial charge is 0.124 e. The minimum Gasteiger partial charge on any atom is -0.311 e. The van der Waals surface area contributed by atoms with Gasteiger partial charge in [-0.25, -0.2) is 4.39 Å². The molecule has 2 heteroatoms. The zero-order valence-corrected chi connectivity index (χ0v) is 8.49. The molecule has 0 aromatic carbocycles. The highest BCUT2D eigenvalue weighted by molar-refractivity contribution is 4.99. The Morgan fingerprint density at radius 2 is 2.38 bits per heavy atom. The van der Waals surface area contributed by atoms with Gasteiger partial charge in [-0.2, -0.15) is 0 Å². The Bertz CT molecular complexity index is 206. The Morgan fingerprint density at radius 1 is 1.62 bits per heavy atom. The van der Waals surface area contributed by atoms with E-state index in [0.717, 1.165) is 19.4 Å². The summed E-state index contributed by atoms with van der Waals surface area (Å²) in [6.07, 6.45) is 3.28. The van der Waals surface area contributed by atoms with E-state index in [4.69, 9.17) is 0 Å². The van der Waals surface area contributed by atoms with Crippen molar-refractivity contribution in [3.8, 4) is 11.8 Å². The molecule has 1 aliphatic rings. The van der Waals surface area contributed by atoms with Crippen molar-refractivity contribution >= 4 is 0 Å². The van der Waals surface area contributed by atoms with E-state index in [0.29, 0.717) is 12.8 Å². The average Bonchev–Trinajstić information content (AvgIpc) is 2.56. The molecule has 0 aromatic heterocycles. The molecular weight excluding hydrogens is 165 g/mol. The molecule has 0 amide bonds. The van der Waals surface area contributed by atoms with E-state index in [1.807, 2.05) is 0 Å². The molecule has 74 valence electrons. The van der Waals surface area contributed by atoms with Crippen molar-refractivity contribution in [1.82, 2.24) is 5.32 Å². The molecule has 1 heterocycles. The van der Waals surface area contributed by atoms with Crippen molar-refractivity contribution < 1.29 is 4.39 Å². The molecule has 0 spiro atoms. The molecule has 1 nitrogen and oxygen atoms in total. The maximum Gasteiger partial charge on any atom is 0.124 e. The molecule has 0 saturated carbocycles. The second-order valence-electron chi connectivity index (χ2n) is 3.85. The van der Waals surface area contributed by atoms with Gasteiger partial charge in [0.05, 0.1) is 0 Å². The first-order valence-electron chi connectivity index (χ1n) is 4.99. The van der Waals surface area contributed by atoms with Crippen molar-refractivity contribution in [1.29, 1.82) is 0 Å². The van der Waals surface area contributed by atoms with Crippen LogP contribution in [0.15, 0.2) is 0 Å². The summed E-state index contributed by atoms with van der Waals surface area (Å²) in [5, 5.41) is 3.20. The van der Waals surface area contributed by atoms with Crippen molar-refractivity contribution in [2.75, 3.05) is 6.54 Å². The van der Waals surface area contributed by atoms with Crippen LogP contribution < -0.4 is 5.32 Å². The second kappa shape index (κ2) is 4.62. The standard InChI is InChI=1S/C11H18FN/c1-3-4-5-8-11(2,12)10-7-6-9-13-10/h10,13H,5-9H2,1-2H3. The maximum atomic E-state index is 14.0. The summed E-state index contributed by atoms with van der Waals surface area (Å²) in [6, 6.07) is 0.0474. The zero-order chi connectivity index (χ0) is 9.73. The van der Waals surface area contributed by atoms with Crippen LogP contribution in [0.2, 0.25) is 0 Å². The summed E-state index contributed by atoms with van der Waals surface area (Å²) < 4.78 is 14.0. The molecule has 1 fully saturated rings. The van der Waals surface area contributed by atoms with Crippen molar-refractivity contribution in [3.05, 3.63) is 0 Å². The minimum absolute atomic E-state index is 0.0474. The lowest BCUT2D eigenvalue weighted by atomic mass is 9.92. The Kier molecular flexibility index (Phi) is 3.74. The van der Waals surface area contributed by atoms with E-state index < -0.39 is 5.67 Å². The first-order chi connectivity index (χ1) is 6.17. The van der Waals surface area contributed by atoms with Crippen LogP contribution in [-0.4, -0.2) is 18.3 Å². The van der Waals surface area contributed by atoms with E-state index >= 15 is 0 Å². The average molecular weight is 183 g/mol. The highest BCUT2D eigenvalue weighted by atomic mass is 19.1. The van der Waals surface area contributed by atoms with Gasteiger partial charge in [0, 0.05) is 12.5 Å². The predicted molar refractivity (Wildman–Crippen MR) is 53.2 cm³/mol. The molecule has 1 rings (SSSR count). The van der Waals surface area contributed by atoms with Gasteiger partial charge in [-0.3, -0.25) is 0 Å². The molecule has 1 saturated heterocycles. The van der Waals surface area contributed by atoms with Gasteiger partial charge in [0.25, 0.3) is 0 Å². The second-order valence-corrected chi connectivity index (χ2v) is 3.85. The lowest BCUT2D eigenvalue weighted by Crippen LogP contribution is -2.41. The number of nitrogens with one attached hydrogen (secondary N) is 1. The molecule has 2 unspecified atom stereocenters. The Balaban J connectivity index is 2.37. The highest BCUT2D eigenvalue weighted by Crippen LogP contribution is 2.27. The number of hydrogen-bond acceptors (Lipinski definition) is 1. The molecule has 1 N–H and O–H groups in total. The molecule has 0 aliphatic carbocycles. The summed E-state index contributed by atoms with van der Waals surface area (Å²) in [4.78, 5) is 0. The minimum atomic E-state index is -1.08. The van der Waals surface area contributed by atoms with Gasteiger partial charge in [-0.05, 0) is 39.7 Å². The van der Waals surface area contributed by atoms with Crippen LogP contribution in [0.5, 0.6) is 0 Å². The van der Waals surface area contributed by atoms with Gasteiger partial charge >= 0.3 is 0 Å². The van der Waals surface area contributed by atoms with E-state index in [1.54, 1.807) is 13.8 Å². The van der Waals surface area contributed by atoms with E-state index in [-0.39, 0.29) is 6.04 Å². The van der Waals surface area contributed by atoms with Gasteiger partial charge < -0.3 is 5.32 Å². The van der Waals surface area contributed by atoms with Crippen molar-refractivity contribution in [3.63, 3.8) is 0 Å². The molecule has 0 radical (unpaired) electrons. The monoisotopic (exact) mass is 183 g/mol. The van der Waals surface area contributed by atoms with Crippen molar-refractivity contribution in [2.24, 2.45) is 0 Å². The largest absolute Gasteiger partial charge is 0.311 e. The Morgan fingerprint density at radius 3 is 2.92 bits per heavy atom. The molecule has 2 atom stereocenters. The summed E-state index contributed by atoms with van der Waals surface area (Å²) in [7, 11) is 0. The predicted octanol–water partition coefficient (Wildman–Crippen LogP) is 2.27. The van der Waals surface area contributed by atoms with Crippen LogP contribution in [0, 0.1) is 11.8 Å². The fourth-order valence-corrected chi connectivity index (χ4v) is 1.80. The highest BCUT2D eigenvalue weighted by Gasteiger charge is 2.35. The molecule has 0 aromatic rings. The van der Waals surface area contributed by atoms with Gasteiger partial charge in [-0.1, -0.05) is 0 Å². The third kappa shape index (κ3) is 3.00. The van der Waals surface area contributed by atoms with Gasteiger partial charge in [0.15, 0.2) is 0 Å². The molecule has 0 bridgehead atoms. The van der Waals surface area contributed by atoms with E-state index in [9.17, 15) is 4.39 Å². The fraction of sp³-hybridized carbons (Fsp3) is 0.818. The van der Waals surface area contributed by atoms with Gasteiger partial charge in [-0.15, -0.1) is 11.8 Å². The fourth-order valence-electron chi connectivity index (χ4n) is 1.80. The van der Waals surface area contributed by atoms with Crippen LogP contribution in [0.25, 0.3) is 0 Å². The van der Waals surface area contributed by atoms with Crippen LogP contribution >= 0.6 is 0 Å². The number of alkyl halides is 1. The summed E-state index contributed by atoms with van der Waals surface area (Å²) in [6.45, 7) is 4.44. The first kappa shape index (κ1) is 10.5. The lowest BCUT2D eigenvalue weighted by molar-refractivity contribution is 0.127. The summed E-state index contributed by atoms with van der Waals surface area (Å²) >= 11 is 0. The molecule has 1 aliphatic heterocycles. The number of rotatable bonds is 3. The van der Waals surface area contributed by atoms with E-state index in [2.05, 4.69) is 17.2 Å². The Labute approximate surface area is 80.1 Å². The van der Waals surface area contributed by atoms with Crippen LogP contribution in [0.3, 0.4) is 0 Å². The van der Waals surface area contributed by atoms with Crippen LogP contribution in [0.4, 0.5) is 4.39 Å². The zero-order valence-electron chi connectivity index (χ0n) is 8.49. The maximum absolute atomic E-state index is 14.0. The first-order valence-corrected chi connectivity index (χ1v) is 4.99. The third-order valence-electron chi connectivity index (χ3n) is 2.70. The number of hydrogen-bond donors (Lipinski definition) is 1. The normalized spacial score (nSPS) is 26.2.